The van der Waals surface area contributed by atoms with Crippen LogP contribution in [0.3, 0.4) is 0 Å². The fourth-order valence-electron chi connectivity index (χ4n) is 3.86. The Kier molecular flexibility index (Phi) is 5.24. The molecule has 3 heterocycles. The molecule has 0 atom stereocenters. The zero-order valence-electron chi connectivity index (χ0n) is 17.9. The van der Waals surface area contributed by atoms with Gasteiger partial charge in [-0.3, -0.25) is 10.00 Å². The monoisotopic (exact) mass is 433 g/mol. The maximum absolute atomic E-state index is 12.4. The van der Waals surface area contributed by atoms with Gasteiger partial charge in [-0.1, -0.05) is 18.2 Å². The zero-order chi connectivity index (χ0) is 22.1. The maximum Gasteiger partial charge on any atom is 0.413 e. The molecule has 0 aliphatic carbocycles. The molecule has 4 aromatic rings. The molecule has 9 nitrogen and oxygen atoms in total. The second-order valence-electron chi connectivity index (χ2n) is 7.50. The third-order valence-corrected chi connectivity index (χ3v) is 5.44. The lowest BCUT2D eigenvalue weighted by molar-refractivity contribution is 0.0830. The van der Waals surface area contributed by atoms with Crippen LogP contribution >= 0.6 is 0 Å². The molecule has 2 aromatic heterocycles. The smallest absolute Gasteiger partial charge is 0.413 e. The Balaban J connectivity index is 1.26. The van der Waals surface area contributed by atoms with Crippen LogP contribution in [0.2, 0.25) is 0 Å². The number of aromatic nitrogens is 4. The number of hydrogen-bond donors (Lipinski definition) is 1. The first kappa shape index (κ1) is 20.1. The van der Waals surface area contributed by atoms with Gasteiger partial charge in [0, 0.05) is 25.2 Å². The molecule has 0 unspecified atom stereocenters. The molecular weight excluding hydrogens is 410 g/mol. The number of anilines is 1. The Bertz CT molecular complexity index is 1290. The van der Waals surface area contributed by atoms with E-state index in [9.17, 15) is 4.79 Å². The average molecular weight is 433 g/mol. The van der Waals surface area contributed by atoms with Crippen LogP contribution in [-0.4, -0.2) is 39.1 Å². The van der Waals surface area contributed by atoms with Crippen molar-refractivity contribution in [3.8, 4) is 17.0 Å². The van der Waals surface area contributed by atoms with E-state index in [2.05, 4.69) is 20.0 Å². The van der Waals surface area contributed by atoms with Crippen molar-refractivity contribution in [2.45, 2.75) is 19.8 Å². The number of aryl methyl sites for hydroxylation is 1. The largest absolute Gasteiger partial charge is 0.496 e. The number of para-hydroxylation sites is 1. The molecule has 1 aliphatic rings. The van der Waals surface area contributed by atoms with Gasteiger partial charge in [0.05, 0.1) is 30.4 Å². The van der Waals surface area contributed by atoms with Gasteiger partial charge in [-0.25, -0.2) is 9.78 Å². The first-order valence-electron chi connectivity index (χ1n) is 10.3. The normalized spacial score (nSPS) is 13.1. The van der Waals surface area contributed by atoms with E-state index < -0.39 is 6.09 Å². The van der Waals surface area contributed by atoms with E-state index in [1.807, 2.05) is 42.5 Å². The zero-order valence-corrected chi connectivity index (χ0v) is 17.9. The average Bonchev–Trinajstić information content (AvgIpc) is 3.37. The van der Waals surface area contributed by atoms with Crippen LogP contribution in [0, 0.1) is 0 Å². The summed E-state index contributed by atoms with van der Waals surface area (Å²) < 4.78 is 20.0. The van der Waals surface area contributed by atoms with Crippen molar-refractivity contribution >= 4 is 22.9 Å². The lowest BCUT2D eigenvalue weighted by atomic mass is 10.1. The highest BCUT2D eigenvalue weighted by atomic mass is 16.5. The molecule has 32 heavy (non-hydrogen) atoms. The van der Waals surface area contributed by atoms with Gasteiger partial charge in [0.1, 0.15) is 30.6 Å². The van der Waals surface area contributed by atoms with Crippen molar-refractivity contribution in [2.24, 2.45) is 7.05 Å². The SMILES string of the molecule is COc1ccccc1-c1cc(NC(=O)OCc2ccc3c(c2)nc2n3CCOC2)n(C)n1. The minimum absolute atomic E-state index is 0.137. The molecule has 9 heteroatoms. The third-order valence-electron chi connectivity index (χ3n) is 5.44. The van der Waals surface area contributed by atoms with Gasteiger partial charge in [0.2, 0.25) is 0 Å². The summed E-state index contributed by atoms with van der Waals surface area (Å²) in [6.07, 6.45) is -0.558. The molecule has 2 aromatic carbocycles. The van der Waals surface area contributed by atoms with Crippen molar-refractivity contribution in [1.29, 1.82) is 0 Å². The minimum atomic E-state index is -0.558. The van der Waals surface area contributed by atoms with Gasteiger partial charge in [-0.2, -0.15) is 5.10 Å². The van der Waals surface area contributed by atoms with Crippen molar-refractivity contribution in [2.75, 3.05) is 19.0 Å². The number of benzene rings is 2. The summed E-state index contributed by atoms with van der Waals surface area (Å²) in [5, 5.41) is 7.22. The van der Waals surface area contributed by atoms with Gasteiger partial charge in [-0.05, 0) is 29.8 Å². The van der Waals surface area contributed by atoms with Crippen LogP contribution in [0.15, 0.2) is 48.5 Å². The number of methoxy groups -OCH3 is 1. The Morgan fingerprint density at radius 3 is 2.97 bits per heavy atom. The van der Waals surface area contributed by atoms with E-state index in [1.165, 1.54) is 0 Å². The Hall–Kier alpha value is -3.85. The molecule has 1 aliphatic heterocycles. The third kappa shape index (κ3) is 3.78. The molecule has 0 spiro atoms. The second-order valence-corrected chi connectivity index (χ2v) is 7.50. The Morgan fingerprint density at radius 1 is 1.22 bits per heavy atom. The lowest BCUT2D eigenvalue weighted by Gasteiger charge is -2.14. The first-order chi connectivity index (χ1) is 15.6. The van der Waals surface area contributed by atoms with Crippen LogP contribution in [0.1, 0.15) is 11.4 Å². The van der Waals surface area contributed by atoms with Crippen molar-refractivity contribution in [1.82, 2.24) is 19.3 Å². The molecule has 0 radical (unpaired) electrons. The highest BCUT2D eigenvalue weighted by molar-refractivity contribution is 5.85. The summed E-state index contributed by atoms with van der Waals surface area (Å²) in [5.74, 6) is 2.15. The summed E-state index contributed by atoms with van der Waals surface area (Å²) in [6.45, 7) is 2.14. The van der Waals surface area contributed by atoms with E-state index in [0.29, 0.717) is 30.5 Å². The Labute approximate surface area is 184 Å². The van der Waals surface area contributed by atoms with Gasteiger partial charge < -0.3 is 18.8 Å². The quantitative estimate of drug-likeness (QED) is 0.516. The van der Waals surface area contributed by atoms with E-state index in [1.54, 1.807) is 24.9 Å². The number of fused-ring (bicyclic) bond motifs is 3. The van der Waals surface area contributed by atoms with Gasteiger partial charge in [-0.15, -0.1) is 0 Å². The summed E-state index contributed by atoms with van der Waals surface area (Å²) in [4.78, 5) is 17.0. The topological polar surface area (TPSA) is 92.4 Å². The molecular formula is C23H23N5O4. The van der Waals surface area contributed by atoms with Crippen LogP contribution in [0.25, 0.3) is 22.3 Å². The number of imidazole rings is 1. The molecule has 1 N–H and O–H groups in total. The van der Waals surface area contributed by atoms with Gasteiger partial charge in [0.15, 0.2) is 0 Å². The van der Waals surface area contributed by atoms with E-state index in [-0.39, 0.29) is 6.61 Å². The highest BCUT2D eigenvalue weighted by Crippen LogP contribution is 2.30. The standard InChI is InChI=1S/C23H23N5O4/c1-27-21(12-17(26-27)16-5-3-4-6-20(16)30-2)25-23(29)32-13-15-7-8-19-18(11-15)24-22-14-31-10-9-28(19)22/h3-8,11-12H,9-10,13-14H2,1-2H3,(H,25,29). The number of amides is 1. The number of ether oxygens (including phenoxy) is 3. The summed E-state index contributed by atoms with van der Waals surface area (Å²) in [5.41, 5.74) is 4.34. The number of nitrogens with zero attached hydrogens (tertiary/aromatic N) is 4. The first-order valence-corrected chi connectivity index (χ1v) is 10.3. The van der Waals surface area contributed by atoms with E-state index in [0.717, 1.165) is 34.5 Å². The second kappa shape index (κ2) is 8.35. The predicted molar refractivity (Wildman–Crippen MR) is 118 cm³/mol. The predicted octanol–water partition coefficient (Wildman–Crippen LogP) is 3.72. The molecule has 1 amide bonds. The number of rotatable bonds is 5. The maximum atomic E-state index is 12.4. The molecule has 164 valence electrons. The van der Waals surface area contributed by atoms with Gasteiger partial charge in [0.25, 0.3) is 0 Å². The number of carbonyl (C=O) groups is 1. The highest BCUT2D eigenvalue weighted by Gasteiger charge is 2.16. The van der Waals surface area contributed by atoms with Crippen LogP contribution in [-0.2, 0) is 36.3 Å². The molecule has 0 fully saturated rings. The number of hydrogen-bond acceptors (Lipinski definition) is 6. The fourth-order valence-corrected chi connectivity index (χ4v) is 3.86. The fraction of sp³-hybridized carbons (Fsp3) is 0.261. The molecule has 0 saturated carbocycles. The molecule has 0 saturated heterocycles. The molecule has 5 rings (SSSR count). The lowest BCUT2D eigenvalue weighted by Crippen LogP contribution is -2.16. The summed E-state index contributed by atoms with van der Waals surface area (Å²) in [6, 6.07) is 15.3. The summed E-state index contributed by atoms with van der Waals surface area (Å²) in [7, 11) is 3.37. The number of nitrogens with one attached hydrogen (secondary N) is 1. The van der Waals surface area contributed by atoms with E-state index >= 15 is 0 Å². The van der Waals surface area contributed by atoms with Crippen molar-refractivity contribution < 1.29 is 19.0 Å². The summed E-state index contributed by atoms with van der Waals surface area (Å²) >= 11 is 0. The van der Waals surface area contributed by atoms with Crippen molar-refractivity contribution in [3.05, 3.63) is 59.9 Å². The van der Waals surface area contributed by atoms with Crippen LogP contribution < -0.4 is 10.1 Å². The van der Waals surface area contributed by atoms with Crippen molar-refractivity contribution in [3.63, 3.8) is 0 Å². The minimum Gasteiger partial charge on any atom is -0.496 e. The number of carbonyl (C=O) groups excluding carboxylic acids is 1. The van der Waals surface area contributed by atoms with Crippen LogP contribution in [0.5, 0.6) is 5.75 Å². The molecule has 0 bridgehead atoms. The van der Waals surface area contributed by atoms with Crippen LogP contribution in [0.4, 0.5) is 10.6 Å². The Morgan fingerprint density at radius 2 is 2.09 bits per heavy atom. The van der Waals surface area contributed by atoms with Gasteiger partial charge >= 0.3 is 6.09 Å². The van der Waals surface area contributed by atoms with E-state index in [4.69, 9.17) is 14.2 Å².